The zero-order chi connectivity index (χ0) is 18.4. The highest BCUT2D eigenvalue weighted by molar-refractivity contribution is 8.08. The van der Waals surface area contributed by atoms with E-state index in [9.17, 15) is 4.79 Å². The van der Waals surface area contributed by atoms with E-state index in [0.29, 0.717) is 11.5 Å². The standard InChI is InChI=1S/C21H18N4OS/c22-13-7-9-14(10-8-13)27-18-11-17(23-16-4-2-1-3-15(16)18)19-20(12-5-6-12)24-25-21(19)26/h1-4,7-12,23H,5-6,22H2,(H,25,26). The highest BCUT2D eigenvalue weighted by Crippen LogP contribution is 2.43. The van der Waals surface area contributed by atoms with Gasteiger partial charge in [-0.1, -0.05) is 30.0 Å². The Labute approximate surface area is 161 Å². The first-order valence-electron chi connectivity index (χ1n) is 8.93. The molecule has 6 heteroatoms. The third kappa shape index (κ3) is 3.02. The molecule has 1 aliphatic carbocycles. The summed E-state index contributed by atoms with van der Waals surface area (Å²) in [5.74, 6) is 0.263. The summed E-state index contributed by atoms with van der Waals surface area (Å²) >= 11 is 1.66. The van der Waals surface area contributed by atoms with Gasteiger partial charge in [-0.3, -0.25) is 4.79 Å². The molecule has 2 aromatic carbocycles. The monoisotopic (exact) mass is 374 g/mol. The molecule has 3 aliphatic rings. The third-order valence-electron chi connectivity index (χ3n) is 4.84. The first kappa shape index (κ1) is 16.2. The van der Waals surface area contributed by atoms with E-state index < -0.39 is 0 Å². The van der Waals surface area contributed by atoms with Gasteiger partial charge < -0.3 is 11.1 Å². The van der Waals surface area contributed by atoms with Gasteiger partial charge in [0.1, 0.15) is 0 Å². The van der Waals surface area contributed by atoms with Gasteiger partial charge in [-0.2, -0.15) is 5.10 Å². The van der Waals surface area contributed by atoms with Crippen LogP contribution >= 0.6 is 11.8 Å². The van der Waals surface area contributed by atoms with E-state index in [0.717, 1.165) is 51.0 Å². The summed E-state index contributed by atoms with van der Waals surface area (Å²) in [4.78, 5) is 14.6. The lowest BCUT2D eigenvalue weighted by Gasteiger charge is -2.22. The van der Waals surface area contributed by atoms with Crippen LogP contribution in [0.2, 0.25) is 0 Å². The average Bonchev–Trinajstić information content (AvgIpc) is 3.45. The Morgan fingerprint density at radius 3 is 2.63 bits per heavy atom. The Balaban J connectivity index is 1.60. The van der Waals surface area contributed by atoms with Crippen molar-refractivity contribution in [1.29, 1.82) is 0 Å². The largest absolute Gasteiger partial charge is 0.399 e. The van der Waals surface area contributed by atoms with Crippen molar-refractivity contribution in [2.45, 2.75) is 17.7 Å². The van der Waals surface area contributed by atoms with Gasteiger partial charge in [0.05, 0.1) is 17.0 Å². The van der Waals surface area contributed by atoms with Crippen LogP contribution in [0.15, 0.2) is 75.9 Å². The molecule has 0 unspecified atom stereocenters. The number of nitrogens with two attached hydrogens (primary N) is 1. The highest BCUT2D eigenvalue weighted by Gasteiger charge is 2.38. The van der Waals surface area contributed by atoms with Crippen molar-refractivity contribution >= 4 is 39.7 Å². The second kappa shape index (κ2) is 6.32. The molecule has 4 N–H and O–H groups in total. The predicted molar refractivity (Wildman–Crippen MR) is 110 cm³/mol. The first-order valence-corrected chi connectivity index (χ1v) is 9.75. The molecule has 5 rings (SSSR count). The molecule has 1 saturated carbocycles. The molecule has 0 radical (unpaired) electrons. The molecule has 0 bridgehead atoms. The number of nitrogens with zero attached hydrogens (tertiary/aromatic N) is 1. The smallest absolute Gasteiger partial charge is 0.275 e. The normalized spacial score (nSPS) is 21.1. The topological polar surface area (TPSA) is 79.5 Å². The summed E-state index contributed by atoms with van der Waals surface area (Å²) in [7, 11) is 0. The van der Waals surface area contributed by atoms with Gasteiger partial charge in [0.2, 0.25) is 0 Å². The SMILES string of the molecule is Nc1ccc(SC2=CC(=C3C(=O)NN=C3C3CC3)Nc3ccccc32)cc1. The number of nitrogens with one attached hydrogen (secondary N) is 2. The minimum Gasteiger partial charge on any atom is -0.399 e. The Kier molecular flexibility index (Phi) is 3.79. The average molecular weight is 374 g/mol. The fourth-order valence-corrected chi connectivity index (χ4v) is 4.32. The number of carbonyl (C=O) groups excluding carboxylic acids is 1. The van der Waals surface area contributed by atoms with Crippen LogP contribution in [0, 0.1) is 5.92 Å². The number of benzene rings is 2. The van der Waals surface area contributed by atoms with Crippen molar-refractivity contribution in [3.8, 4) is 0 Å². The molecule has 5 nitrogen and oxygen atoms in total. The Morgan fingerprint density at radius 1 is 1.07 bits per heavy atom. The molecule has 2 aliphatic heterocycles. The van der Waals surface area contributed by atoms with Crippen LogP contribution in [0.5, 0.6) is 0 Å². The van der Waals surface area contributed by atoms with Crippen LogP contribution in [-0.4, -0.2) is 11.6 Å². The van der Waals surface area contributed by atoms with E-state index in [2.05, 4.69) is 28.0 Å². The van der Waals surface area contributed by atoms with E-state index in [-0.39, 0.29) is 5.91 Å². The number of rotatable bonds is 3. The summed E-state index contributed by atoms with van der Waals surface area (Å²) < 4.78 is 0. The third-order valence-corrected chi connectivity index (χ3v) is 5.91. The van der Waals surface area contributed by atoms with Gasteiger partial charge in [0.25, 0.3) is 5.91 Å². The van der Waals surface area contributed by atoms with E-state index in [1.54, 1.807) is 11.8 Å². The zero-order valence-electron chi connectivity index (χ0n) is 14.5. The molecular formula is C21H18N4OS. The van der Waals surface area contributed by atoms with Crippen molar-refractivity contribution < 1.29 is 4.79 Å². The Hall–Kier alpha value is -2.99. The van der Waals surface area contributed by atoms with Crippen LogP contribution in [-0.2, 0) is 4.79 Å². The number of hydrazone groups is 1. The van der Waals surface area contributed by atoms with Crippen molar-refractivity contribution in [2.75, 3.05) is 11.1 Å². The van der Waals surface area contributed by atoms with E-state index in [4.69, 9.17) is 5.73 Å². The van der Waals surface area contributed by atoms with E-state index in [1.165, 1.54) is 0 Å². The molecule has 0 aromatic heterocycles. The summed E-state index contributed by atoms with van der Waals surface area (Å²) in [6.45, 7) is 0. The number of hydrogen-bond acceptors (Lipinski definition) is 5. The second-order valence-corrected chi connectivity index (χ2v) is 7.97. The van der Waals surface area contributed by atoms with Crippen LogP contribution in [0.1, 0.15) is 18.4 Å². The molecule has 1 amide bonds. The van der Waals surface area contributed by atoms with Crippen molar-refractivity contribution in [2.24, 2.45) is 11.0 Å². The number of amides is 1. The number of thioether (sulfide) groups is 1. The number of fused-ring (bicyclic) bond motifs is 1. The second-order valence-electron chi connectivity index (χ2n) is 6.85. The Morgan fingerprint density at radius 2 is 1.85 bits per heavy atom. The quantitative estimate of drug-likeness (QED) is 0.561. The van der Waals surface area contributed by atoms with Crippen molar-refractivity contribution in [3.63, 3.8) is 0 Å². The summed E-state index contributed by atoms with van der Waals surface area (Å²) in [6, 6.07) is 16.0. The number of nitrogen functional groups attached to an aromatic ring is 1. The number of anilines is 2. The van der Waals surface area contributed by atoms with E-state index in [1.807, 2.05) is 42.5 Å². The maximum absolute atomic E-state index is 12.5. The van der Waals surface area contributed by atoms with Crippen molar-refractivity contribution in [3.05, 3.63) is 71.4 Å². The van der Waals surface area contributed by atoms with Crippen LogP contribution < -0.4 is 16.5 Å². The Bertz CT molecular complexity index is 1030. The van der Waals surface area contributed by atoms with Crippen LogP contribution in [0.4, 0.5) is 11.4 Å². The fourth-order valence-electron chi connectivity index (χ4n) is 3.33. The molecule has 2 heterocycles. The fraction of sp³-hybridized carbons (Fsp3) is 0.143. The summed E-state index contributed by atoms with van der Waals surface area (Å²) in [5, 5.41) is 7.71. The minimum absolute atomic E-state index is 0.133. The predicted octanol–water partition coefficient (Wildman–Crippen LogP) is 3.98. The maximum atomic E-state index is 12.5. The number of hydrogen-bond donors (Lipinski definition) is 3. The number of para-hydroxylation sites is 1. The van der Waals surface area contributed by atoms with Gasteiger partial charge in [0.15, 0.2) is 0 Å². The van der Waals surface area contributed by atoms with E-state index >= 15 is 0 Å². The molecule has 1 fully saturated rings. The lowest BCUT2D eigenvalue weighted by Crippen LogP contribution is -2.20. The van der Waals surface area contributed by atoms with Crippen molar-refractivity contribution in [1.82, 2.24) is 5.43 Å². The van der Waals surface area contributed by atoms with Gasteiger partial charge in [-0.15, -0.1) is 0 Å². The molecule has 2 aromatic rings. The van der Waals surface area contributed by atoms with Gasteiger partial charge in [-0.25, -0.2) is 5.43 Å². The summed E-state index contributed by atoms with van der Waals surface area (Å²) in [6.07, 6.45) is 4.25. The van der Waals surface area contributed by atoms with Crippen LogP contribution in [0.25, 0.3) is 4.91 Å². The van der Waals surface area contributed by atoms with Gasteiger partial charge >= 0.3 is 0 Å². The summed E-state index contributed by atoms with van der Waals surface area (Å²) in [5.41, 5.74) is 13.7. The molecule has 0 saturated heterocycles. The molecule has 0 atom stereocenters. The molecule has 134 valence electrons. The van der Waals surface area contributed by atoms with Gasteiger partial charge in [-0.05, 0) is 49.2 Å². The molecular weight excluding hydrogens is 356 g/mol. The van der Waals surface area contributed by atoms with Crippen LogP contribution in [0.3, 0.4) is 0 Å². The maximum Gasteiger partial charge on any atom is 0.275 e. The lowest BCUT2D eigenvalue weighted by atomic mass is 10.0. The number of allylic oxidation sites excluding steroid dienone is 1. The first-order chi connectivity index (χ1) is 13.2. The van der Waals surface area contributed by atoms with Gasteiger partial charge in [0, 0.05) is 32.7 Å². The lowest BCUT2D eigenvalue weighted by molar-refractivity contribution is -0.116. The molecule has 27 heavy (non-hydrogen) atoms. The zero-order valence-corrected chi connectivity index (χ0v) is 15.3. The minimum atomic E-state index is -0.133. The highest BCUT2D eigenvalue weighted by atomic mass is 32.2. The molecule has 0 spiro atoms. The number of carbonyl (C=O) groups is 1.